The van der Waals surface area contributed by atoms with Gasteiger partial charge in [-0.3, -0.25) is 9.59 Å². The van der Waals surface area contributed by atoms with Crippen molar-refractivity contribution >= 4 is 44.2 Å². The molecule has 0 aliphatic rings. The van der Waals surface area contributed by atoms with Gasteiger partial charge in [0.1, 0.15) is 10.8 Å². The molecule has 208 valence electrons. The van der Waals surface area contributed by atoms with E-state index in [0.29, 0.717) is 40.2 Å². The van der Waals surface area contributed by atoms with Crippen LogP contribution in [0.25, 0.3) is 10.6 Å². The molecule has 11 heteroatoms. The fourth-order valence-corrected chi connectivity index (χ4v) is 4.96. The number of hydrogen-bond donors (Lipinski definition) is 1. The molecule has 0 bridgehead atoms. The van der Waals surface area contributed by atoms with Gasteiger partial charge in [0.2, 0.25) is 11.0 Å². The summed E-state index contributed by atoms with van der Waals surface area (Å²) in [7, 11) is 4.78. The number of hydrogen-bond acceptors (Lipinski definition) is 8. The Hall–Kier alpha value is -3.96. The lowest BCUT2D eigenvalue weighted by molar-refractivity contribution is -0.116. The maximum atomic E-state index is 13.4. The fraction of sp³-hybridized carbons (Fsp3) is 0.241. The van der Waals surface area contributed by atoms with Crippen molar-refractivity contribution in [2.24, 2.45) is 0 Å². The van der Waals surface area contributed by atoms with Crippen LogP contribution in [-0.2, 0) is 11.2 Å². The van der Waals surface area contributed by atoms with Gasteiger partial charge in [-0.25, -0.2) is 0 Å². The third kappa shape index (κ3) is 7.57. The van der Waals surface area contributed by atoms with E-state index in [-0.39, 0.29) is 24.8 Å². The average molecular weight is 626 g/mol. The van der Waals surface area contributed by atoms with E-state index in [1.54, 1.807) is 38.4 Å². The number of benzene rings is 3. The van der Waals surface area contributed by atoms with Crippen molar-refractivity contribution in [1.82, 2.24) is 15.1 Å². The molecule has 0 fully saturated rings. The Balaban J connectivity index is 1.41. The van der Waals surface area contributed by atoms with Gasteiger partial charge in [-0.2, -0.15) is 0 Å². The first kappa shape index (κ1) is 29.0. The number of rotatable bonds is 12. The maximum Gasteiger partial charge on any atom is 0.253 e. The summed E-state index contributed by atoms with van der Waals surface area (Å²) in [6.07, 6.45) is 0.678. The summed E-state index contributed by atoms with van der Waals surface area (Å²) in [4.78, 5) is 27.9. The molecule has 0 aliphatic carbocycles. The van der Waals surface area contributed by atoms with Crippen LogP contribution in [0.2, 0.25) is 0 Å². The van der Waals surface area contributed by atoms with Gasteiger partial charge >= 0.3 is 0 Å². The predicted molar refractivity (Wildman–Crippen MR) is 158 cm³/mol. The summed E-state index contributed by atoms with van der Waals surface area (Å²) in [5, 5.41) is 12.2. The summed E-state index contributed by atoms with van der Waals surface area (Å²) >= 11 is 4.69. The second-order valence-electron chi connectivity index (χ2n) is 8.68. The molecule has 4 rings (SSSR count). The zero-order valence-corrected chi connectivity index (χ0v) is 24.8. The van der Waals surface area contributed by atoms with Crippen LogP contribution in [0.5, 0.6) is 17.2 Å². The number of nitrogens with one attached hydrogen (secondary N) is 1. The van der Waals surface area contributed by atoms with Crippen LogP contribution >= 0.6 is 27.3 Å². The van der Waals surface area contributed by atoms with Gasteiger partial charge in [-0.15, -0.1) is 10.2 Å². The van der Waals surface area contributed by atoms with Crippen LogP contribution in [0, 0.1) is 0 Å². The highest BCUT2D eigenvalue weighted by Crippen LogP contribution is 2.29. The smallest absolute Gasteiger partial charge is 0.253 e. The van der Waals surface area contributed by atoms with E-state index >= 15 is 0 Å². The number of carbonyl (C=O) groups is 2. The van der Waals surface area contributed by atoms with Crippen LogP contribution in [0.15, 0.2) is 71.2 Å². The lowest BCUT2D eigenvalue weighted by Crippen LogP contribution is -2.35. The largest absolute Gasteiger partial charge is 0.497 e. The van der Waals surface area contributed by atoms with Gasteiger partial charge in [0.25, 0.3) is 5.91 Å². The van der Waals surface area contributed by atoms with Gasteiger partial charge in [0.15, 0.2) is 11.5 Å². The van der Waals surface area contributed by atoms with Crippen LogP contribution < -0.4 is 19.5 Å². The number of anilines is 1. The van der Waals surface area contributed by atoms with Crippen LogP contribution in [0.4, 0.5) is 5.13 Å². The highest BCUT2D eigenvalue weighted by atomic mass is 79.9. The molecular weight excluding hydrogens is 596 g/mol. The van der Waals surface area contributed by atoms with Crippen LogP contribution in [0.1, 0.15) is 22.3 Å². The van der Waals surface area contributed by atoms with Crippen molar-refractivity contribution in [2.75, 3.05) is 39.7 Å². The Morgan fingerprint density at radius 2 is 1.60 bits per heavy atom. The lowest BCUT2D eigenvalue weighted by Gasteiger charge is -2.23. The van der Waals surface area contributed by atoms with Gasteiger partial charge < -0.3 is 24.4 Å². The number of halogens is 1. The molecule has 9 nitrogen and oxygen atoms in total. The summed E-state index contributed by atoms with van der Waals surface area (Å²) < 4.78 is 16.8. The van der Waals surface area contributed by atoms with Crippen molar-refractivity contribution in [3.8, 4) is 27.8 Å². The number of nitrogens with zero attached hydrogens (tertiary/aromatic N) is 3. The Kier molecular flexibility index (Phi) is 10.1. The minimum Gasteiger partial charge on any atom is -0.497 e. The second kappa shape index (κ2) is 13.9. The molecule has 0 atom stereocenters. The number of ether oxygens (including phenoxy) is 3. The molecule has 0 saturated heterocycles. The van der Waals surface area contributed by atoms with Crippen LogP contribution in [-0.4, -0.2) is 61.3 Å². The number of aromatic nitrogens is 2. The van der Waals surface area contributed by atoms with Gasteiger partial charge in [0.05, 0.1) is 21.3 Å². The fourth-order valence-electron chi connectivity index (χ4n) is 3.93. The molecule has 0 aliphatic heterocycles. The lowest BCUT2D eigenvalue weighted by atomic mass is 10.1. The van der Waals surface area contributed by atoms with Crippen LogP contribution in [0.3, 0.4) is 0 Å². The number of amides is 2. The quantitative estimate of drug-likeness (QED) is 0.215. The average Bonchev–Trinajstić information content (AvgIpc) is 3.45. The van der Waals surface area contributed by atoms with Gasteiger partial charge in [-0.1, -0.05) is 33.3 Å². The van der Waals surface area contributed by atoms with Crippen molar-refractivity contribution in [3.63, 3.8) is 0 Å². The van der Waals surface area contributed by atoms with E-state index in [4.69, 9.17) is 14.2 Å². The molecule has 40 heavy (non-hydrogen) atoms. The van der Waals surface area contributed by atoms with E-state index in [9.17, 15) is 9.59 Å². The summed E-state index contributed by atoms with van der Waals surface area (Å²) in [5.74, 6) is 1.60. The maximum absolute atomic E-state index is 13.4. The standard InChI is InChI=1S/C29H29BrN4O5S/c1-37-23-11-7-20(8-12-23)27-32-33-29(40-27)31-26(35)15-17-34(28(36)21-5-9-22(30)10-6-21)16-14-19-4-13-24(38-2)25(18-19)39-3/h4-13,18H,14-17H2,1-3H3,(H,31,33,35). The molecule has 1 N–H and O–H groups in total. The minimum atomic E-state index is -0.253. The first-order chi connectivity index (χ1) is 19.4. The summed E-state index contributed by atoms with van der Waals surface area (Å²) in [6, 6.07) is 20.3. The van der Waals surface area contributed by atoms with Crippen molar-refractivity contribution < 1.29 is 23.8 Å². The summed E-state index contributed by atoms with van der Waals surface area (Å²) in [6.45, 7) is 0.649. The summed E-state index contributed by atoms with van der Waals surface area (Å²) in [5.41, 5.74) is 2.40. The molecule has 4 aromatic rings. The predicted octanol–water partition coefficient (Wildman–Crippen LogP) is 5.71. The Labute approximate surface area is 245 Å². The molecule has 0 spiro atoms. The minimum absolute atomic E-state index is 0.103. The third-order valence-electron chi connectivity index (χ3n) is 6.11. The van der Waals surface area contributed by atoms with Gasteiger partial charge in [0, 0.05) is 35.1 Å². The molecule has 2 amide bonds. The molecule has 0 saturated carbocycles. The number of carbonyl (C=O) groups excluding carboxylic acids is 2. The zero-order valence-electron chi connectivity index (χ0n) is 22.3. The number of methoxy groups -OCH3 is 3. The van der Waals surface area contributed by atoms with E-state index in [0.717, 1.165) is 21.3 Å². The molecule has 3 aromatic carbocycles. The van der Waals surface area contributed by atoms with Crippen molar-refractivity contribution in [1.29, 1.82) is 0 Å². The first-order valence-electron chi connectivity index (χ1n) is 12.4. The molecular formula is C29H29BrN4O5S. The molecule has 0 unspecified atom stereocenters. The van der Waals surface area contributed by atoms with Gasteiger partial charge in [-0.05, 0) is 72.6 Å². The monoisotopic (exact) mass is 624 g/mol. The van der Waals surface area contributed by atoms with E-state index in [1.165, 1.54) is 11.3 Å². The normalized spacial score (nSPS) is 10.6. The Morgan fingerprint density at radius 1 is 0.875 bits per heavy atom. The zero-order chi connectivity index (χ0) is 28.5. The first-order valence-corrected chi connectivity index (χ1v) is 14.0. The van der Waals surface area contributed by atoms with E-state index in [2.05, 4.69) is 31.4 Å². The third-order valence-corrected chi connectivity index (χ3v) is 7.53. The van der Waals surface area contributed by atoms with E-state index < -0.39 is 0 Å². The van der Waals surface area contributed by atoms with Crippen molar-refractivity contribution in [3.05, 3.63) is 82.3 Å². The molecule has 1 heterocycles. The van der Waals surface area contributed by atoms with Crippen molar-refractivity contribution in [2.45, 2.75) is 12.8 Å². The Bertz CT molecular complexity index is 1440. The second-order valence-corrected chi connectivity index (χ2v) is 10.6. The highest BCUT2D eigenvalue weighted by molar-refractivity contribution is 9.10. The SMILES string of the molecule is COc1ccc(-c2nnc(NC(=O)CCN(CCc3ccc(OC)c(OC)c3)C(=O)c3ccc(Br)cc3)s2)cc1. The molecule has 1 aromatic heterocycles. The Morgan fingerprint density at radius 3 is 2.27 bits per heavy atom. The molecule has 0 radical (unpaired) electrons. The highest BCUT2D eigenvalue weighted by Gasteiger charge is 2.18. The van der Waals surface area contributed by atoms with E-state index in [1.807, 2.05) is 54.6 Å². The topological polar surface area (TPSA) is 103 Å².